The molecule has 2 rings (SSSR count). The smallest absolute Gasteiger partial charge is 0.273 e. The van der Waals surface area contributed by atoms with Gasteiger partial charge in [0.05, 0.1) is 4.92 Å². The Kier molecular flexibility index (Phi) is 4.42. The van der Waals surface area contributed by atoms with E-state index in [0.29, 0.717) is 22.9 Å². The van der Waals surface area contributed by atoms with Gasteiger partial charge in [-0.2, -0.15) is 0 Å². The third-order valence-electron chi connectivity index (χ3n) is 2.81. The van der Waals surface area contributed by atoms with E-state index >= 15 is 0 Å². The lowest BCUT2D eigenvalue weighted by Crippen LogP contribution is -2.05. The van der Waals surface area contributed by atoms with Crippen molar-refractivity contribution in [1.29, 1.82) is 0 Å². The number of nitro groups is 1. The van der Waals surface area contributed by atoms with Crippen molar-refractivity contribution >= 4 is 28.7 Å². The first-order chi connectivity index (χ1) is 9.54. The van der Waals surface area contributed by atoms with Gasteiger partial charge in [0.2, 0.25) is 0 Å². The van der Waals surface area contributed by atoms with Gasteiger partial charge in [0.25, 0.3) is 5.69 Å². The van der Waals surface area contributed by atoms with Gasteiger partial charge in [0.15, 0.2) is 0 Å². The molecule has 0 aliphatic carbocycles. The van der Waals surface area contributed by atoms with Crippen LogP contribution in [-0.4, -0.2) is 11.5 Å². The van der Waals surface area contributed by atoms with Gasteiger partial charge >= 0.3 is 0 Å². The molecular weight excluding hydrogens is 278 g/mol. The first-order valence-electron chi connectivity index (χ1n) is 6.08. The lowest BCUT2D eigenvalue weighted by molar-refractivity contribution is -0.384. The molecule has 6 heteroatoms. The van der Waals surface area contributed by atoms with E-state index < -0.39 is 4.92 Å². The highest BCUT2D eigenvalue weighted by Crippen LogP contribution is 2.22. The molecule has 0 aromatic heterocycles. The molecule has 0 amide bonds. The maximum Gasteiger partial charge on any atom is 0.273 e. The van der Waals surface area contributed by atoms with Crippen LogP contribution in [-0.2, 0) is 6.42 Å². The van der Waals surface area contributed by atoms with Crippen molar-refractivity contribution in [3.63, 3.8) is 0 Å². The molecule has 5 nitrogen and oxygen atoms in total. The minimum absolute atomic E-state index is 0.0148. The standard InChI is InChI=1S/C14H14ClN3O2/c15-11-3-1-10(2-4-11)5-6-17-13-7-12(16)8-14(9-13)18(19)20/h1-4,7-9,17H,5-6,16H2. The molecule has 0 unspecified atom stereocenters. The van der Waals surface area contributed by atoms with Crippen LogP contribution in [0.2, 0.25) is 5.02 Å². The average Bonchev–Trinajstić information content (AvgIpc) is 2.40. The van der Waals surface area contributed by atoms with Gasteiger partial charge in [0.1, 0.15) is 0 Å². The molecule has 0 radical (unpaired) electrons. The molecule has 0 fully saturated rings. The number of nitrogens with two attached hydrogens (primary N) is 1. The van der Waals surface area contributed by atoms with Crippen molar-refractivity contribution in [2.45, 2.75) is 6.42 Å². The fourth-order valence-electron chi connectivity index (χ4n) is 1.84. The Morgan fingerprint density at radius 1 is 1.20 bits per heavy atom. The number of nitro benzene ring substituents is 1. The molecule has 104 valence electrons. The molecule has 3 N–H and O–H groups in total. The predicted molar refractivity (Wildman–Crippen MR) is 81.2 cm³/mol. The van der Waals surface area contributed by atoms with E-state index in [-0.39, 0.29) is 5.69 Å². The van der Waals surface area contributed by atoms with E-state index in [4.69, 9.17) is 17.3 Å². The number of halogens is 1. The van der Waals surface area contributed by atoms with E-state index in [1.165, 1.54) is 12.1 Å². The zero-order valence-electron chi connectivity index (χ0n) is 10.7. The molecule has 2 aromatic rings. The molecule has 0 saturated heterocycles. The number of hydrogen-bond donors (Lipinski definition) is 2. The second kappa shape index (κ2) is 6.25. The van der Waals surface area contributed by atoms with Crippen molar-refractivity contribution < 1.29 is 4.92 Å². The van der Waals surface area contributed by atoms with Crippen LogP contribution in [0.25, 0.3) is 0 Å². The van der Waals surface area contributed by atoms with E-state index in [1.807, 2.05) is 24.3 Å². The predicted octanol–water partition coefficient (Wildman–Crippen LogP) is 3.49. The number of non-ortho nitro benzene ring substituents is 1. The summed E-state index contributed by atoms with van der Waals surface area (Å²) in [6.07, 6.45) is 0.791. The Labute approximate surface area is 121 Å². The molecule has 0 bridgehead atoms. The van der Waals surface area contributed by atoms with Gasteiger partial charge < -0.3 is 11.1 Å². The molecule has 0 heterocycles. The summed E-state index contributed by atoms with van der Waals surface area (Å²) in [7, 11) is 0. The van der Waals surface area contributed by atoms with Crippen LogP contribution in [0.15, 0.2) is 42.5 Å². The number of anilines is 2. The highest BCUT2D eigenvalue weighted by atomic mass is 35.5. The minimum atomic E-state index is -0.458. The monoisotopic (exact) mass is 291 g/mol. The number of nitrogen functional groups attached to an aromatic ring is 1. The van der Waals surface area contributed by atoms with Crippen LogP contribution in [0.1, 0.15) is 5.56 Å². The SMILES string of the molecule is Nc1cc(NCCc2ccc(Cl)cc2)cc([N+](=O)[O-])c1. The fraction of sp³-hybridized carbons (Fsp3) is 0.143. The highest BCUT2D eigenvalue weighted by Gasteiger charge is 2.08. The first kappa shape index (κ1) is 14.1. The Balaban J connectivity index is 1.97. The van der Waals surface area contributed by atoms with E-state index in [1.54, 1.807) is 6.07 Å². The van der Waals surface area contributed by atoms with Crippen LogP contribution in [0.4, 0.5) is 17.1 Å². The first-order valence-corrected chi connectivity index (χ1v) is 6.45. The maximum atomic E-state index is 10.7. The molecular formula is C14H14ClN3O2. The largest absolute Gasteiger partial charge is 0.398 e. The number of nitrogens with one attached hydrogen (secondary N) is 1. The van der Waals surface area contributed by atoms with Crippen LogP contribution >= 0.6 is 11.6 Å². The van der Waals surface area contributed by atoms with Crippen LogP contribution < -0.4 is 11.1 Å². The molecule has 2 aromatic carbocycles. The van der Waals surface area contributed by atoms with Crippen LogP contribution in [0.3, 0.4) is 0 Å². The van der Waals surface area contributed by atoms with Crippen molar-refractivity contribution in [2.24, 2.45) is 0 Å². The summed E-state index contributed by atoms with van der Waals surface area (Å²) in [6, 6.07) is 12.1. The molecule has 0 aliphatic heterocycles. The van der Waals surface area contributed by atoms with E-state index in [2.05, 4.69) is 5.32 Å². The highest BCUT2D eigenvalue weighted by molar-refractivity contribution is 6.30. The van der Waals surface area contributed by atoms with Gasteiger partial charge in [-0.15, -0.1) is 0 Å². The second-order valence-electron chi connectivity index (χ2n) is 4.37. The van der Waals surface area contributed by atoms with Gasteiger partial charge in [-0.25, -0.2) is 0 Å². The van der Waals surface area contributed by atoms with Crippen molar-refractivity contribution in [3.05, 3.63) is 63.2 Å². The summed E-state index contributed by atoms with van der Waals surface area (Å²) in [5.74, 6) is 0. The minimum Gasteiger partial charge on any atom is -0.398 e. The molecule has 20 heavy (non-hydrogen) atoms. The van der Waals surface area contributed by atoms with Crippen LogP contribution in [0.5, 0.6) is 0 Å². The summed E-state index contributed by atoms with van der Waals surface area (Å²) in [5.41, 5.74) is 7.77. The average molecular weight is 292 g/mol. The van der Waals surface area contributed by atoms with Crippen molar-refractivity contribution in [2.75, 3.05) is 17.6 Å². The quantitative estimate of drug-likeness (QED) is 0.502. The number of rotatable bonds is 5. The molecule has 0 spiro atoms. The Morgan fingerprint density at radius 2 is 1.90 bits per heavy atom. The Hall–Kier alpha value is -2.27. The van der Waals surface area contributed by atoms with Crippen molar-refractivity contribution in [3.8, 4) is 0 Å². The summed E-state index contributed by atoms with van der Waals surface area (Å²) in [6.45, 7) is 0.655. The Bertz CT molecular complexity index is 614. The third-order valence-corrected chi connectivity index (χ3v) is 3.06. The van der Waals surface area contributed by atoms with Crippen molar-refractivity contribution in [1.82, 2.24) is 0 Å². The lowest BCUT2D eigenvalue weighted by Gasteiger charge is -2.07. The van der Waals surface area contributed by atoms with Crippen LogP contribution in [0, 0.1) is 10.1 Å². The summed E-state index contributed by atoms with van der Waals surface area (Å²) >= 11 is 5.81. The van der Waals surface area contributed by atoms with E-state index in [0.717, 1.165) is 12.0 Å². The molecule has 0 saturated carbocycles. The second-order valence-corrected chi connectivity index (χ2v) is 4.81. The molecule has 0 aliphatic rings. The zero-order chi connectivity index (χ0) is 14.5. The molecule has 0 atom stereocenters. The van der Waals surface area contributed by atoms with E-state index in [9.17, 15) is 10.1 Å². The maximum absolute atomic E-state index is 10.7. The number of nitrogens with zero attached hydrogens (tertiary/aromatic N) is 1. The van der Waals surface area contributed by atoms with Gasteiger partial charge in [-0.05, 0) is 30.2 Å². The van der Waals surface area contributed by atoms with Gasteiger partial charge in [-0.1, -0.05) is 23.7 Å². The fourth-order valence-corrected chi connectivity index (χ4v) is 1.97. The Morgan fingerprint density at radius 3 is 2.55 bits per heavy atom. The normalized spacial score (nSPS) is 10.2. The third kappa shape index (κ3) is 3.86. The zero-order valence-corrected chi connectivity index (χ0v) is 11.4. The lowest BCUT2D eigenvalue weighted by atomic mass is 10.1. The number of benzene rings is 2. The van der Waals surface area contributed by atoms with Gasteiger partial charge in [0, 0.05) is 35.1 Å². The summed E-state index contributed by atoms with van der Waals surface area (Å²) < 4.78 is 0. The summed E-state index contributed by atoms with van der Waals surface area (Å²) in [4.78, 5) is 10.3. The summed E-state index contributed by atoms with van der Waals surface area (Å²) in [5, 5.41) is 14.6. The van der Waals surface area contributed by atoms with Gasteiger partial charge in [-0.3, -0.25) is 10.1 Å². The number of hydrogen-bond acceptors (Lipinski definition) is 4. The topological polar surface area (TPSA) is 81.2 Å².